The van der Waals surface area contributed by atoms with Crippen LogP contribution in [0.2, 0.25) is 0 Å². The molecule has 4 nitrogen and oxygen atoms in total. The molecule has 1 rings (SSSR count). The minimum absolute atomic E-state index is 0.0356. The first-order chi connectivity index (χ1) is 8.33. The van der Waals surface area contributed by atoms with E-state index >= 15 is 0 Å². The van der Waals surface area contributed by atoms with Gasteiger partial charge in [-0.1, -0.05) is 12.1 Å². The number of hydrogen-bond donors (Lipinski definition) is 2. The predicted molar refractivity (Wildman–Crippen MR) is 66.7 cm³/mol. The van der Waals surface area contributed by atoms with E-state index in [0.29, 0.717) is 11.4 Å². The molecule has 3 N–H and O–H groups in total. The van der Waals surface area contributed by atoms with Gasteiger partial charge in [-0.2, -0.15) is 8.78 Å². The number of hydrogen-bond acceptors (Lipinski definition) is 3. The Morgan fingerprint density at radius 1 is 1.33 bits per heavy atom. The Labute approximate surface area is 105 Å². The topological polar surface area (TPSA) is 59.6 Å². The molecule has 1 aromatic rings. The summed E-state index contributed by atoms with van der Waals surface area (Å²) in [5, 5.41) is 0. The van der Waals surface area contributed by atoms with Crippen LogP contribution < -0.4 is 16.0 Å². The summed E-state index contributed by atoms with van der Waals surface area (Å²) in [6.07, 6.45) is 0. The summed E-state index contributed by atoms with van der Waals surface area (Å²) in [4.78, 5) is 4.32. The number of nitrogens with one attached hydrogen (secondary N) is 1. The smallest absolute Gasteiger partial charge is 0.387 e. The van der Waals surface area contributed by atoms with Gasteiger partial charge in [0.15, 0.2) is 0 Å². The van der Waals surface area contributed by atoms with Crippen molar-refractivity contribution in [2.75, 3.05) is 0 Å². The van der Waals surface area contributed by atoms with Crippen molar-refractivity contribution in [2.45, 2.75) is 32.9 Å². The second-order valence-corrected chi connectivity index (χ2v) is 4.65. The van der Waals surface area contributed by atoms with E-state index < -0.39 is 6.61 Å². The number of amidine groups is 1. The van der Waals surface area contributed by atoms with Gasteiger partial charge in [0, 0.05) is 0 Å². The third-order valence-corrected chi connectivity index (χ3v) is 1.94. The zero-order valence-electron chi connectivity index (χ0n) is 10.6. The lowest BCUT2D eigenvalue weighted by molar-refractivity contribution is -0.0499. The molecule has 0 aliphatic carbocycles. The molecule has 0 heterocycles. The number of hydrazine groups is 1. The zero-order chi connectivity index (χ0) is 13.8. The summed E-state index contributed by atoms with van der Waals surface area (Å²) in [5.41, 5.74) is 2.42. The highest BCUT2D eigenvalue weighted by Gasteiger charge is 2.16. The molecular weight excluding hydrogens is 240 g/mol. The van der Waals surface area contributed by atoms with Crippen LogP contribution in [0.4, 0.5) is 8.78 Å². The largest absolute Gasteiger partial charge is 0.434 e. The van der Waals surface area contributed by atoms with Gasteiger partial charge in [0.05, 0.1) is 11.1 Å². The standard InChI is InChI=1S/C12H17F2N3O/c1-12(2,3)16-10(17-15)8-6-4-5-7-9(8)18-11(13)14/h4-7,11H,15H2,1-3H3,(H,16,17). The molecule has 0 atom stereocenters. The molecule has 0 amide bonds. The van der Waals surface area contributed by atoms with E-state index in [9.17, 15) is 8.78 Å². The summed E-state index contributed by atoms with van der Waals surface area (Å²) < 4.78 is 29.0. The van der Waals surface area contributed by atoms with Crippen molar-refractivity contribution in [3.8, 4) is 5.75 Å². The van der Waals surface area contributed by atoms with Crippen LogP contribution in [0.25, 0.3) is 0 Å². The van der Waals surface area contributed by atoms with Gasteiger partial charge < -0.3 is 10.2 Å². The summed E-state index contributed by atoms with van der Waals surface area (Å²) in [6, 6.07) is 6.36. The van der Waals surface area contributed by atoms with Crippen LogP contribution in [0.15, 0.2) is 29.3 Å². The van der Waals surface area contributed by atoms with E-state index in [2.05, 4.69) is 15.2 Å². The molecule has 0 unspecified atom stereocenters. The molecule has 0 saturated carbocycles. The van der Waals surface area contributed by atoms with Crippen LogP contribution in [0, 0.1) is 0 Å². The van der Waals surface area contributed by atoms with Gasteiger partial charge in [-0.25, -0.2) is 5.84 Å². The van der Waals surface area contributed by atoms with Gasteiger partial charge in [0.25, 0.3) is 0 Å². The van der Waals surface area contributed by atoms with E-state index in [1.54, 1.807) is 18.2 Å². The third kappa shape index (κ3) is 4.29. The molecule has 1 aromatic carbocycles. The molecule has 0 saturated heterocycles. The van der Waals surface area contributed by atoms with Crippen LogP contribution in [0.3, 0.4) is 0 Å². The van der Waals surface area contributed by atoms with Crippen LogP contribution in [0.5, 0.6) is 5.75 Å². The fourth-order valence-electron chi connectivity index (χ4n) is 1.37. The number of para-hydroxylation sites is 1. The van der Waals surface area contributed by atoms with E-state index in [1.807, 2.05) is 20.8 Å². The molecule has 0 aromatic heterocycles. The van der Waals surface area contributed by atoms with E-state index in [4.69, 9.17) is 5.84 Å². The monoisotopic (exact) mass is 257 g/mol. The van der Waals surface area contributed by atoms with Gasteiger partial charge in [0.2, 0.25) is 0 Å². The predicted octanol–water partition coefficient (Wildman–Crippen LogP) is 2.30. The zero-order valence-corrected chi connectivity index (χ0v) is 10.6. The van der Waals surface area contributed by atoms with Gasteiger partial charge in [0.1, 0.15) is 11.6 Å². The minimum Gasteiger partial charge on any atom is -0.434 e. The highest BCUT2D eigenvalue weighted by molar-refractivity contribution is 6.01. The third-order valence-electron chi connectivity index (χ3n) is 1.94. The normalized spacial score (nSPS) is 12.7. The fourth-order valence-corrected chi connectivity index (χ4v) is 1.37. The highest BCUT2D eigenvalue weighted by atomic mass is 19.3. The molecule has 0 fully saturated rings. The quantitative estimate of drug-likeness (QED) is 0.378. The highest BCUT2D eigenvalue weighted by Crippen LogP contribution is 2.21. The Morgan fingerprint density at radius 2 is 1.94 bits per heavy atom. The van der Waals surface area contributed by atoms with Crippen LogP contribution in [-0.4, -0.2) is 18.0 Å². The second-order valence-electron chi connectivity index (χ2n) is 4.65. The average molecular weight is 257 g/mol. The Kier molecular flexibility index (Phi) is 4.61. The van der Waals surface area contributed by atoms with E-state index in [-0.39, 0.29) is 11.3 Å². The molecule has 18 heavy (non-hydrogen) atoms. The summed E-state index contributed by atoms with van der Waals surface area (Å²) in [6.45, 7) is 2.74. The van der Waals surface area contributed by atoms with Crippen molar-refractivity contribution in [1.82, 2.24) is 5.43 Å². The summed E-state index contributed by atoms with van der Waals surface area (Å²) in [7, 11) is 0. The van der Waals surface area contributed by atoms with Crippen molar-refractivity contribution in [3.05, 3.63) is 29.8 Å². The maximum atomic E-state index is 12.3. The Balaban J connectivity index is 3.17. The minimum atomic E-state index is -2.89. The molecule has 0 spiro atoms. The van der Waals surface area contributed by atoms with Crippen molar-refractivity contribution in [1.29, 1.82) is 0 Å². The Morgan fingerprint density at radius 3 is 2.44 bits per heavy atom. The van der Waals surface area contributed by atoms with Crippen LogP contribution in [0.1, 0.15) is 26.3 Å². The molecule has 0 aliphatic rings. The summed E-state index contributed by atoms with van der Waals surface area (Å²) >= 11 is 0. The van der Waals surface area contributed by atoms with Crippen molar-refractivity contribution < 1.29 is 13.5 Å². The molecule has 100 valence electrons. The SMILES string of the molecule is CC(C)(C)N=C(NN)c1ccccc1OC(F)F. The lowest BCUT2D eigenvalue weighted by Crippen LogP contribution is -2.34. The number of rotatable bonds is 3. The second kappa shape index (κ2) is 5.77. The maximum absolute atomic E-state index is 12.3. The molecule has 6 heteroatoms. The number of nitrogens with two attached hydrogens (primary N) is 1. The number of benzene rings is 1. The fraction of sp³-hybridized carbons (Fsp3) is 0.417. The van der Waals surface area contributed by atoms with Crippen molar-refractivity contribution in [3.63, 3.8) is 0 Å². The van der Waals surface area contributed by atoms with Gasteiger partial charge in [-0.05, 0) is 32.9 Å². The first-order valence-electron chi connectivity index (χ1n) is 5.44. The van der Waals surface area contributed by atoms with Gasteiger partial charge >= 0.3 is 6.61 Å². The Bertz CT molecular complexity index is 428. The van der Waals surface area contributed by atoms with Gasteiger partial charge in [-0.15, -0.1) is 0 Å². The summed E-state index contributed by atoms with van der Waals surface area (Å²) in [5.74, 6) is 5.73. The average Bonchev–Trinajstić information content (AvgIpc) is 2.25. The number of aliphatic imine (C=N–C) groups is 1. The number of nitrogens with zero attached hydrogens (tertiary/aromatic N) is 1. The number of alkyl halides is 2. The van der Waals surface area contributed by atoms with Crippen molar-refractivity contribution in [2.24, 2.45) is 10.8 Å². The Hall–Kier alpha value is -1.69. The number of halogens is 2. The van der Waals surface area contributed by atoms with E-state index in [0.717, 1.165) is 0 Å². The van der Waals surface area contributed by atoms with Crippen molar-refractivity contribution >= 4 is 5.84 Å². The first-order valence-corrected chi connectivity index (χ1v) is 5.44. The molecule has 0 bridgehead atoms. The molecule has 0 radical (unpaired) electrons. The maximum Gasteiger partial charge on any atom is 0.387 e. The van der Waals surface area contributed by atoms with Crippen LogP contribution >= 0.6 is 0 Å². The number of ether oxygens (including phenoxy) is 1. The lowest BCUT2D eigenvalue weighted by atomic mass is 10.1. The lowest BCUT2D eigenvalue weighted by Gasteiger charge is -2.17. The van der Waals surface area contributed by atoms with E-state index in [1.165, 1.54) is 6.07 Å². The molecule has 0 aliphatic heterocycles. The van der Waals surface area contributed by atoms with Crippen LogP contribution in [-0.2, 0) is 0 Å². The van der Waals surface area contributed by atoms with Gasteiger partial charge in [-0.3, -0.25) is 4.99 Å². The molecular formula is C12H17F2N3O. The first kappa shape index (κ1) is 14.4.